The molecule has 4 nitrogen and oxygen atoms in total. The lowest BCUT2D eigenvalue weighted by atomic mass is 10.2. The van der Waals surface area contributed by atoms with E-state index >= 15 is 0 Å². The van der Waals surface area contributed by atoms with Gasteiger partial charge < -0.3 is 4.74 Å². The van der Waals surface area contributed by atoms with Gasteiger partial charge in [-0.25, -0.2) is 4.39 Å². The van der Waals surface area contributed by atoms with Crippen molar-refractivity contribution >= 4 is 25.0 Å². The second kappa shape index (κ2) is 8.29. The fourth-order valence-electron chi connectivity index (χ4n) is 2.83. The molecule has 29 heavy (non-hydrogen) atoms. The van der Waals surface area contributed by atoms with Crippen LogP contribution >= 0.6 is 7.29 Å². The van der Waals surface area contributed by atoms with Crippen molar-refractivity contribution in [2.45, 2.75) is 0 Å². The molecule has 0 atom stereocenters. The molecule has 4 rings (SSSR count). The summed E-state index contributed by atoms with van der Waals surface area (Å²) in [6.07, 6.45) is 1.50. The van der Waals surface area contributed by atoms with E-state index in [1.807, 2.05) is 60.7 Å². The predicted molar refractivity (Wildman–Crippen MR) is 115 cm³/mol. The minimum absolute atomic E-state index is 0.321. The standard InChI is InChI=1S/C23H18FN2O2P/c24-21-13-11-18(12-14-21)15-25-26-29(27)16-22(19-7-3-1-4-8-19)28-23(17-29)20-9-5-2-6-10-20/h1-17H,(H,26,27)/b25-15-. The highest BCUT2D eigenvalue weighted by Crippen LogP contribution is 2.53. The number of halogens is 1. The van der Waals surface area contributed by atoms with Gasteiger partial charge in [0.2, 0.25) is 7.29 Å². The maximum absolute atomic E-state index is 13.5. The van der Waals surface area contributed by atoms with Crippen molar-refractivity contribution in [1.82, 2.24) is 5.20 Å². The van der Waals surface area contributed by atoms with E-state index in [-0.39, 0.29) is 5.82 Å². The molecule has 0 fully saturated rings. The van der Waals surface area contributed by atoms with E-state index in [0.717, 1.165) is 11.1 Å². The Balaban J connectivity index is 1.66. The highest BCUT2D eigenvalue weighted by molar-refractivity contribution is 7.68. The largest absolute Gasteiger partial charge is 0.456 e. The van der Waals surface area contributed by atoms with Crippen LogP contribution in [0.2, 0.25) is 0 Å². The minimum atomic E-state index is -3.17. The van der Waals surface area contributed by atoms with Gasteiger partial charge in [-0.15, -0.1) is 0 Å². The Morgan fingerprint density at radius 1 is 0.793 bits per heavy atom. The first-order valence-electron chi connectivity index (χ1n) is 9.01. The highest BCUT2D eigenvalue weighted by atomic mass is 31.2. The average Bonchev–Trinajstić information content (AvgIpc) is 2.76. The normalized spacial score (nSPS) is 15.3. The van der Waals surface area contributed by atoms with E-state index in [1.54, 1.807) is 23.8 Å². The zero-order chi connectivity index (χ0) is 20.1. The fraction of sp³-hybridized carbons (Fsp3) is 0. The molecule has 1 heterocycles. The Kier molecular flexibility index (Phi) is 5.41. The van der Waals surface area contributed by atoms with Crippen LogP contribution in [0.25, 0.3) is 11.5 Å². The SMILES string of the molecule is O=P1(N/N=C\c2ccc(F)cc2)C=C(c2ccccc2)OC(c2ccccc2)=C1. The van der Waals surface area contributed by atoms with Gasteiger partial charge in [0.15, 0.2) is 0 Å². The van der Waals surface area contributed by atoms with Crippen LogP contribution in [0.3, 0.4) is 0 Å². The monoisotopic (exact) mass is 404 g/mol. The third-order valence-corrected chi connectivity index (χ3v) is 5.92. The van der Waals surface area contributed by atoms with Gasteiger partial charge in [0, 0.05) is 22.8 Å². The van der Waals surface area contributed by atoms with Gasteiger partial charge in [-0.05, 0) is 17.7 Å². The third kappa shape index (κ3) is 4.71. The Labute approximate surface area is 168 Å². The lowest BCUT2D eigenvalue weighted by Crippen LogP contribution is -2.06. The van der Waals surface area contributed by atoms with Crippen molar-refractivity contribution in [3.05, 3.63) is 119 Å². The van der Waals surface area contributed by atoms with E-state index in [1.165, 1.54) is 18.3 Å². The molecule has 0 aliphatic carbocycles. The third-order valence-electron chi connectivity index (χ3n) is 4.25. The van der Waals surface area contributed by atoms with Crippen LogP contribution in [0.4, 0.5) is 4.39 Å². The van der Waals surface area contributed by atoms with Crippen molar-refractivity contribution in [3.63, 3.8) is 0 Å². The molecule has 1 aliphatic rings. The first-order chi connectivity index (χ1) is 14.1. The molecule has 3 aromatic carbocycles. The summed E-state index contributed by atoms with van der Waals surface area (Å²) in [7, 11) is -3.17. The maximum Gasteiger partial charge on any atom is 0.235 e. The van der Waals surface area contributed by atoms with E-state index < -0.39 is 7.29 Å². The van der Waals surface area contributed by atoms with E-state index in [0.29, 0.717) is 17.1 Å². The smallest absolute Gasteiger partial charge is 0.235 e. The van der Waals surface area contributed by atoms with Gasteiger partial charge in [0.05, 0.1) is 6.21 Å². The van der Waals surface area contributed by atoms with Crippen molar-refractivity contribution in [3.8, 4) is 0 Å². The van der Waals surface area contributed by atoms with Gasteiger partial charge in [0.25, 0.3) is 0 Å². The summed E-state index contributed by atoms with van der Waals surface area (Å²) >= 11 is 0. The van der Waals surface area contributed by atoms with Crippen LogP contribution in [0, 0.1) is 5.82 Å². The van der Waals surface area contributed by atoms with Crippen molar-refractivity contribution in [2.24, 2.45) is 5.10 Å². The summed E-state index contributed by atoms with van der Waals surface area (Å²) in [6.45, 7) is 0. The topological polar surface area (TPSA) is 50.7 Å². The van der Waals surface area contributed by atoms with Gasteiger partial charge in [-0.1, -0.05) is 72.8 Å². The van der Waals surface area contributed by atoms with Gasteiger partial charge >= 0.3 is 0 Å². The zero-order valence-electron chi connectivity index (χ0n) is 15.4. The minimum Gasteiger partial charge on any atom is -0.456 e. The molecule has 0 saturated carbocycles. The van der Waals surface area contributed by atoms with Crippen molar-refractivity contribution in [1.29, 1.82) is 0 Å². The van der Waals surface area contributed by atoms with E-state index in [4.69, 9.17) is 4.74 Å². The second-order valence-electron chi connectivity index (χ2n) is 6.44. The lowest BCUT2D eigenvalue weighted by molar-refractivity contribution is 0.468. The number of hydrazone groups is 1. The molecular weight excluding hydrogens is 386 g/mol. The summed E-state index contributed by atoms with van der Waals surface area (Å²) < 4.78 is 32.6. The summed E-state index contributed by atoms with van der Waals surface area (Å²) in [5.41, 5.74) is 2.33. The van der Waals surface area contributed by atoms with Crippen molar-refractivity contribution < 1.29 is 13.7 Å². The number of benzene rings is 3. The number of hydrogen-bond acceptors (Lipinski definition) is 3. The van der Waals surface area contributed by atoms with Crippen LogP contribution in [-0.4, -0.2) is 6.21 Å². The molecule has 0 unspecified atom stereocenters. The van der Waals surface area contributed by atoms with Crippen molar-refractivity contribution in [2.75, 3.05) is 0 Å². The Hall–Kier alpha value is -3.43. The Morgan fingerprint density at radius 2 is 1.31 bits per heavy atom. The van der Waals surface area contributed by atoms with E-state index in [9.17, 15) is 8.96 Å². The number of rotatable bonds is 5. The molecule has 1 aliphatic heterocycles. The van der Waals surface area contributed by atoms with Crippen LogP contribution in [0.1, 0.15) is 16.7 Å². The van der Waals surface area contributed by atoms with Crippen LogP contribution in [0.15, 0.2) is 102 Å². The lowest BCUT2D eigenvalue weighted by Gasteiger charge is -2.22. The van der Waals surface area contributed by atoms with Crippen LogP contribution in [0.5, 0.6) is 0 Å². The fourth-order valence-corrected chi connectivity index (χ4v) is 4.36. The molecule has 6 heteroatoms. The first kappa shape index (κ1) is 18.9. The number of nitrogens with zero attached hydrogens (tertiary/aromatic N) is 1. The maximum atomic E-state index is 13.5. The molecular formula is C23H18FN2O2P. The van der Waals surface area contributed by atoms with Gasteiger partial charge in [0.1, 0.15) is 17.3 Å². The number of ether oxygens (including phenoxy) is 1. The zero-order valence-corrected chi connectivity index (χ0v) is 16.3. The molecule has 0 amide bonds. The molecule has 0 bridgehead atoms. The van der Waals surface area contributed by atoms with Gasteiger partial charge in [-0.2, -0.15) is 5.10 Å². The van der Waals surface area contributed by atoms with Crippen LogP contribution in [-0.2, 0) is 9.30 Å². The summed E-state index contributed by atoms with van der Waals surface area (Å²) in [5.74, 6) is 3.81. The summed E-state index contributed by atoms with van der Waals surface area (Å²) in [4.78, 5) is 0. The highest BCUT2D eigenvalue weighted by Gasteiger charge is 2.26. The summed E-state index contributed by atoms with van der Waals surface area (Å²) in [6, 6.07) is 24.9. The average molecular weight is 404 g/mol. The molecule has 144 valence electrons. The number of hydrogen-bond donors (Lipinski definition) is 1. The quantitative estimate of drug-likeness (QED) is 0.320. The van der Waals surface area contributed by atoms with E-state index in [2.05, 4.69) is 10.3 Å². The molecule has 0 aromatic heterocycles. The molecule has 1 N–H and O–H groups in total. The molecule has 0 saturated heterocycles. The predicted octanol–water partition coefficient (Wildman–Crippen LogP) is 6.05. The molecule has 0 spiro atoms. The van der Waals surface area contributed by atoms with Crippen LogP contribution < -0.4 is 5.20 Å². The Morgan fingerprint density at radius 3 is 1.83 bits per heavy atom. The molecule has 3 aromatic rings. The second-order valence-corrected chi connectivity index (χ2v) is 8.58. The summed E-state index contributed by atoms with van der Waals surface area (Å²) in [5, 5.41) is 6.88. The van der Waals surface area contributed by atoms with Gasteiger partial charge in [-0.3, -0.25) is 9.76 Å². The molecule has 0 radical (unpaired) electrons. The first-order valence-corrected chi connectivity index (χ1v) is 10.9. The Bertz CT molecular complexity index is 1070. The number of nitrogens with one attached hydrogen (secondary N) is 1.